The van der Waals surface area contributed by atoms with E-state index in [4.69, 9.17) is 4.52 Å². The maximum atomic E-state index is 12.9. The van der Waals surface area contributed by atoms with Gasteiger partial charge >= 0.3 is 0 Å². The van der Waals surface area contributed by atoms with Crippen molar-refractivity contribution in [2.75, 3.05) is 13.6 Å². The monoisotopic (exact) mass is 324 g/mol. The molecule has 0 atom stereocenters. The largest absolute Gasteiger partial charge is 0.360 e. The number of likely N-dealkylation sites (N-methyl/N-ethyl adjacent to an activating group) is 1. The molecule has 0 aliphatic rings. The predicted molar refractivity (Wildman–Crippen MR) is 82.0 cm³/mol. The average Bonchev–Trinajstić information content (AvgIpc) is 2.86. The maximum Gasteiger partial charge on any atom is 0.221 e. The van der Waals surface area contributed by atoms with Crippen LogP contribution in [0.15, 0.2) is 47.0 Å². The van der Waals surface area contributed by atoms with Crippen molar-refractivity contribution in [2.45, 2.75) is 12.7 Å². The molecule has 22 heavy (non-hydrogen) atoms. The van der Waals surface area contributed by atoms with E-state index in [-0.39, 0.29) is 23.9 Å². The van der Waals surface area contributed by atoms with Crippen molar-refractivity contribution >= 4 is 10.0 Å². The fourth-order valence-corrected chi connectivity index (χ4v) is 3.04. The zero-order valence-corrected chi connectivity index (χ0v) is 13.2. The smallest absolute Gasteiger partial charge is 0.221 e. The molecule has 7 heteroatoms. The van der Waals surface area contributed by atoms with Crippen LogP contribution >= 0.6 is 0 Å². The van der Waals surface area contributed by atoms with Crippen LogP contribution < -0.4 is 0 Å². The molecule has 2 aromatic rings. The molecule has 1 aromatic heterocycles. The van der Waals surface area contributed by atoms with E-state index in [0.717, 1.165) is 5.57 Å². The van der Waals surface area contributed by atoms with E-state index in [1.165, 1.54) is 23.5 Å². The summed E-state index contributed by atoms with van der Waals surface area (Å²) >= 11 is 0. The third-order valence-corrected chi connectivity index (χ3v) is 4.72. The molecule has 0 aliphatic carbocycles. The van der Waals surface area contributed by atoms with Crippen LogP contribution in [0.5, 0.6) is 0 Å². The second kappa shape index (κ2) is 6.41. The lowest BCUT2D eigenvalue weighted by Crippen LogP contribution is -2.29. The number of benzene rings is 1. The van der Waals surface area contributed by atoms with Crippen LogP contribution in [0.25, 0.3) is 11.3 Å². The molecule has 1 aromatic carbocycles. The van der Waals surface area contributed by atoms with E-state index < -0.39 is 10.0 Å². The Labute approximate surface area is 129 Å². The number of nitrogens with zero attached hydrogens (tertiary/aromatic N) is 2. The van der Waals surface area contributed by atoms with Crippen LogP contribution in [0, 0.1) is 5.82 Å². The summed E-state index contributed by atoms with van der Waals surface area (Å²) < 4.78 is 43.5. The minimum absolute atomic E-state index is 0.230. The molecule has 0 spiro atoms. The van der Waals surface area contributed by atoms with Crippen molar-refractivity contribution < 1.29 is 17.3 Å². The fraction of sp³-hybridized carbons (Fsp3) is 0.267. The van der Waals surface area contributed by atoms with Gasteiger partial charge in [-0.1, -0.05) is 17.3 Å². The number of rotatable bonds is 6. The fourth-order valence-electron chi connectivity index (χ4n) is 1.91. The van der Waals surface area contributed by atoms with E-state index in [2.05, 4.69) is 11.7 Å². The first-order chi connectivity index (χ1) is 10.3. The minimum atomic E-state index is -3.51. The van der Waals surface area contributed by atoms with Gasteiger partial charge in [0.15, 0.2) is 5.76 Å². The summed E-state index contributed by atoms with van der Waals surface area (Å²) in [5, 5.41) is 3.82. The summed E-state index contributed by atoms with van der Waals surface area (Å²) in [6, 6.07) is 7.26. The van der Waals surface area contributed by atoms with Gasteiger partial charge in [0, 0.05) is 25.2 Å². The zero-order valence-electron chi connectivity index (χ0n) is 12.4. The van der Waals surface area contributed by atoms with Crippen LogP contribution in [0.2, 0.25) is 0 Å². The van der Waals surface area contributed by atoms with Gasteiger partial charge < -0.3 is 4.52 Å². The molecule has 0 N–H and O–H groups in total. The molecule has 0 saturated heterocycles. The molecule has 0 saturated carbocycles. The Hall–Kier alpha value is -1.99. The van der Waals surface area contributed by atoms with Gasteiger partial charge in [-0.15, -0.1) is 0 Å². The molecule has 1 heterocycles. The second-order valence-electron chi connectivity index (χ2n) is 5.15. The van der Waals surface area contributed by atoms with Crippen LogP contribution in [-0.2, 0) is 15.8 Å². The first-order valence-corrected chi connectivity index (χ1v) is 8.19. The van der Waals surface area contributed by atoms with Gasteiger partial charge in [-0.3, -0.25) is 0 Å². The van der Waals surface area contributed by atoms with Crippen molar-refractivity contribution in [1.82, 2.24) is 9.46 Å². The highest BCUT2D eigenvalue weighted by Gasteiger charge is 2.21. The summed E-state index contributed by atoms with van der Waals surface area (Å²) in [5.41, 5.74) is 1.87. The molecular formula is C15H17FN2O3S. The highest BCUT2D eigenvalue weighted by atomic mass is 32.2. The Morgan fingerprint density at radius 1 is 1.36 bits per heavy atom. The Balaban J connectivity index is 2.15. The van der Waals surface area contributed by atoms with Gasteiger partial charge in [-0.25, -0.2) is 17.1 Å². The summed E-state index contributed by atoms with van der Waals surface area (Å²) in [6.07, 6.45) is 0. The van der Waals surface area contributed by atoms with Crippen LogP contribution in [0.3, 0.4) is 0 Å². The number of hydrogen-bond acceptors (Lipinski definition) is 4. The summed E-state index contributed by atoms with van der Waals surface area (Å²) in [5.74, 6) is -0.408. The Bertz CT molecular complexity index is 766. The molecule has 0 aliphatic heterocycles. The zero-order chi connectivity index (χ0) is 16.3. The summed E-state index contributed by atoms with van der Waals surface area (Å²) in [7, 11) is -2.02. The Morgan fingerprint density at radius 3 is 2.59 bits per heavy atom. The van der Waals surface area contributed by atoms with E-state index >= 15 is 0 Å². The third kappa shape index (κ3) is 4.02. The molecule has 0 unspecified atom stereocenters. The molecular weight excluding hydrogens is 307 g/mol. The first-order valence-electron chi connectivity index (χ1n) is 6.58. The van der Waals surface area contributed by atoms with E-state index in [9.17, 15) is 12.8 Å². The van der Waals surface area contributed by atoms with Gasteiger partial charge in [0.1, 0.15) is 17.3 Å². The molecule has 2 rings (SSSR count). The summed E-state index contributed by atoms with van der Waals surface area (Å²) in [6.45, 7) is 5.70. The lowest BCUT2D eigenvalue weighted by molar-refractivity contribution is 0.391. The standard InChI is InChI=1S/C15H17FN2O3S/c1-11(2)9-18(3)22(19,20)10-14-8-15(17-21-14)12-4-6-13(16)7-5-12/h4-8H,1,9-10H2,2-3H3. The normalized spacial score (nSPS) is 11.8. The Kier molecular flexibility index (Phi) is 4.77. The molecule has 118 valence electrons. The number of aromatic nitrogens is 1. The third-order valence-electron chi connectivity index (χ3n) is 2.99. The number of halogens is 1. The van der Waals surface area contributed by atoms with Gasteiger partial charge in [0.05, 0.1) is 0 Å². The number of sulfonamides is 1. The second-order valence-corrected chi connectivity index (χ2v) is 7.23. The Morgan fingerprint density at radius 2 is 2.00 bits per heavy atom. The van der Waals surface area contributed by atoms with Crippen LogP contribution in [0.1, 0.15) is 12.7 Å². The van der Waals surface area contributed by atoms with E-state index in [1.807, 2.05) is 0 Å². The lowest BCUT2D eigenvalue weighted by Gasteiger charge is -2.15. The van der Waals surface area contributed by atoms with Gasteiger partial charge in [0.2, 0.25) is 10.0 Å². The molecule has 5 nitrogen and oxygen atoms in total. The van der Waals surface area contributed by atoms with Crippen LogP contribution in [-0.4, -0.2) is 31.5 Å². The van der Waals surface area contributed by atoms with Gasteiger partial charge in [-0.2, -0.15) is 0 Å². The van der Waals surface area contributed by atoms with Crippen molar-refractivity contribution in [3.8, 4) is 11.3 Å². The maximum absolute atomic E-state index is 12.9. The SMILES string of the molecule is C=C(C)CN(C)S(=O)(=O)Cc1cc(-c2ccc(F)cc2)no1. The highest BCUT2D eigenvalue weighted by Crippen LogP contribution is 2.21. The van der Waals surface area contributed by atoms with Crippen molar-refractivity contribution in [2.24, 2.45) is 0 Å². The van der Waals surface area contributed by atoms with Crippen molar-refractivity contribution in [1.29, 1.82) is 0 Å². The van der Waals surface area contributed by atoms with Crippen molar-refractivity contribution in [3.05, 3.63) is 54.1 Å². The summed E-state index contributed by atoms with van der Waals surface area (Å²) in [4.78, 5) is 0. The van der Waals surface area contributed by atoms with E-state index in [1.54, 1.807) is 25.1 Å². The van der Waals surface area contributed by atoms with Gasteiger partial charge in [0.25, 0.3) is 0 Å². The molecule has 0 fully saturated rings. The molecule has 0 amide bonds. The topological polar surface area (TPSA) is 63.4 Å². The molecule has 0 bridgehead atoms. The number of hydrogen-bond donors (Lipinski definition) is 0. The van der Waals surface area contributed by atoms with Crippen molar-refractivity contribution in [3.63, 3.8) is 0 Å². The molecule has 0 radical (unpaired) electrons. The van der Waals surface area contributed by atoms with E-state index in [0.29, 0.717) is 11.3 Å². The average molecular weight is 324 g/mol. The quantitative estimate of drug-likeness (QED) is 0.767. The predicted octanol–water partition coefficient (Wildman–Crippen LogP) is 2.82. The van der Waals surface area contributed by atoms with Gasteiger partial charge in [-0.05, 0) is 31.2 Å². The highest BCUT2D eigenvalue weighted by molar-refractivity contribution is 7.88. The van der Waals surface area contributed by atoms with Crippen LogP contribution in [0.4, 0.5) is 4.39 Å². The lowest BCUT2D eigenvalue weighted by atomic mass is 10.1. The minimum Gasteiger partial charge on any atom is -0.360 e. The first kappa shape index (κ1) is 16.4.